The molecule has 11 heteroatoms. The van der Waals surface area contributed by atoms with E-state index >= 15 is 0 Å². The minimum atomic E-state index is -0.554. The SMILES string of the molecule is O=C(COc1ccccc1C=NNC(=O)c1ccc([N+](=O)[O-])cc1)Nc1ccc(Cl)c(Cl)c1. The summed E-state index contributed by atoms with van der Waals surface area (Å²) in [7, 11) is 0. The lowest BCUT2D eigenvalue weighted by Gasteiger charge is -2.10. The van der Waals surface area contributed by atoms with Gasteiger partial charge in [-0.3, -0.25) is 19.7 Å². The average Bonchev–Trinajstić information content (AvgIpc) is 2.81. The summed E-state index contributed by atoms with van der Waals surface area (Å²) in [6.07, 6.45) is 1.36. The molecule has 3 rings (SSSR count). The molecule has 0 aliphatic heterocycles. The predicted molar refractivity (Wildman–Crippen MR) is 125 cm³/mol. The second-order valence-electron chi connectivity index (χ2n) is 6.51. The van der Waals surface area contributed by atoms with Crippen molar-refractivity contribution in [2.75, 3.05) is 11.9 Å². The molecule has 0 atom stereocenters. The number of nitro groups is 1. The third-order valence-electron chi connectivity index (χ3n) is 4.19. The maximum atomic E-state index is 12.2. The summed E-state index contributed by atoms with van der Waals surface area (Å²) >= 11 is 11.8. The van der Waals surface area contributed by atoms with Crippen LogP contribution in [0.5, 0.6) is 5.75 Å². The Labute approximate surface area is 198 Å². The van der Waals surface area contributed by atoms with Crippen molar-refractivity contribution >= 4 is 52.6 Å². The minimum absolute atomic E-state index is 0.121. The van der Waals surface area contributed by atoms with Gasteiger partial charge in [0.25, 0.3) is 17.5 Å². The van der Waals surface area contributed by atoms with Crippen molar-refractivity contribution in [3.05, 3.63) is 98.0 Å². The van der Waals surface area contributed by atoms with E-state index in [1.54, 1.807) is 36.4 Å². The van der Waals surface area contributed by atoms with Gasteiger partial charge in [0.2, 0.25) is 0 Å². The Balaban J connectivity index is 1.57. The lowest BCUT2D eigenvalue weighted by Crippen LogP contribution is -2.20. The first-order chi connectivity index (χ1) is 15.8. The number of nitro benzene ring substituents is 1. The van der Waals surface area contributed by atoms with Gasteiger partial charge < -0.3 is 10.1 Å². The number of anilines is 1. The second-order valence-corrected chi connectivity index (χ2v) is 7.32. The fourth-order valence-corrected chi connectivity index (χ4v) is 2.89. The molecule has 0 radical (unpaired) electrons. The molecule has 3 aromatic rings. The molecule has 2 N–H and O–H groups in total. The maximum Gasteiger partial charge on any atom is 0.271 e. The first-order valence-corrected chi connectivity index (χ1v) is 10.1. The van der Waals surface area contributed by atoms with E-state index in [1.165, 1.54) is 36.5 Å². The summed E-state index contributed by atoms with van der Waals surface area (Å²) in [5.74, 6) is -0.581. The number of halogens is 2. The van der Waals surface area contributed by atoms with Crippen LogP contribution >= 0.6 is 23.2 Å². The standard InChI is InChI=1S/C22H16Cl2N4O5/c23-18-10-7-16(11-19(18)24)26-21(29)13-33-20-4-2-1-3-15(20)12-25-27-22(30)14-5-8-17(9-6-14)28(31)32/h1-12H,13H2,(H,26,29)(H,27,30). The summed E-state index contributed by atoms with van der Waals surface area (Å²) in [6, 6.07) is 16.6. The number of hydrazone groups is 1. The largest absolute Gasteiger partial charge is 0.483 e. The third kappa shape index (κ3) is 6.76. The van der Waals surface area contributed by atoms with Crippen molar-refractivity contribution < 1.29 is 19.2 Å². The normalized spacial score (nSPS) is 10.6. The van der Waals surface area contributed by atoms with Gasteiger partial charge in [0, 0.05) is 28.9 Å². The van der Waals surface area contributed by atoms with Crippen molar-refractivity contribution in [1.82, 2.24) is 5.43 Å². The fourth-order valence-electron chi connectivity index (χ4n) is 2.59. The lowest BCUT2D eigenvalue weighted by atomic mass is 10.2. The molecule has 0 aromatic heterocycles. The first-order valence-electron chi connectivity index (χ1n) is 9.38. The van der Waals surface area contributed by atoms with Crippen LogP contribution in [-0.2, 0) is 4.79 Å². The number of para-hydroxylation sites is 1. The summed E-state index contributed by atoms with van der Waals surface area (Å²) < 4.78 is 5.56. The quantitative estimate of drug-likeness (QED) is 0.271. The van der Waals surface area contributed by atoms with E-state index in [0.29, 0.717) is 27.0 Å². The Morgan fingerprint density at radius 1 is 1.03 bits per heavy atom. The van der Waals surface area contributed by atoms with Gasteiger partial charge in [0.05, 0.1) is 21.2 Å². The number of carbonyl (C=O) groups is 2. The average molecular weight is 487 g/mol. The molecule has 168 valence electrons. The molecule has 33 heavy (non-hydrogen) atoms. The number of hydrogen-bond donors (Lipinski definition) is 2. The fraction of sp³-hybridized carbons (Fsp3) is 0.0455. The topological polar surface area (TPSA) is 123 Å². The van der Waals surface area contributed by atoms with Gasteiger partial charge in [0.1, 0.15) is 5.75 Å². The van der Waals surface area contributed by atoms with Crippen LogP contribution in [0.3, 0.4) is 0 Å². The Morgan fingerprint density at radius 2 is 1.76 bits per heavy atom. The molecule has 0 fully saturated rings. The third-order valence-corrected chi connectivity index (χ3v) is 4.93. The van der Waals surface area contributed by atoms with Crippen molar-refractivity contribution in [1.29, 1.82) is 0 Å². The first kappa shape index (κ1) is 23.7. The Hall–Kier alpha value is -3.95. The van der Waals surface area contributed by atoms with Gasteiger partial charge in [-0.1, -0.05) is 35.3 Å². The molecule has 0 saturated heterocycles. The molecule has 0 aliphatic carbocycles. The van der Waals surface area contributed by atoms with E-state index in [0.717, 1.165) is 0 Å². The van der Waals surface area contributed by atoms with Gasteiger partial charge in [-0.15, -0.1) is 0 Å². The van der Waals surface area contributed by atoms with Gasteiger partial charge in [-0.25, -0.2) is 5.43 Å². The van der Waals surface area contributed by atoms with Gasteiger partial charge >= 0.3 is 0 Å². The summed E-state index contributed by atoms with van der Waals surface area (Å²) in [6.45, 7) is -0.278. The molecule has 0 bridgehead atoms. The number of nitrogens with zero attached hydrogens (tertiary/aromatic N) is 2. The Bertz CT molecular complexity index is 1220. The monoisotopic (exact) mass is 486 g/mol. The maximum absolute atomic E-state index is 12.2. The molecule has 0 spiro atoms. The second kappa shape index (κ2) is 11.1. The number of non-ortho nitro benzene ring substituents is 1. The summed E-state index contributed by atoms with van der Waals surface area (Å²) in [5.41, 5.74) is 3.41. The van der Waals surface area contributed by atoms with Gasteiger partial charge in [-0.2, -0.15) is 5.10 Å². The number of nitrogens with one attached hydrogen (secondary N) is 2. The van der Waals surface area contributed by atoms with Crippen LogP contribution in [0.15, 0.2) is 71.8 Å². The van der Waals surface area contributed by atoms with Crippen LogP contribution in [0.25, 0.3) is 0 Å². The molecular formula is C22H16Cl2N4O5. The smallest absolute Gasteiger partial charge is 0.271 e. The summed E-state index contributed by atoms with van der Waals surface area (Å²) in [5, 5.41) is 17.9. The predicted octanol–water partition coefficient (Wildman–Crippen LogP) is 4.68. The van der Waals surface area contributed by atoms with Crippen molar-refractivity contribution in [3.8, 4) is 5.75 Å². The number of rotatable bonds is 8. The molecule has 9 nitrogen and oxygen atoms in total. The van der Waals surface area contributed by atoms with E-state index < -0.39 is 16.7 Å². The van der Waals surface area contributed by atoms with E-state index in [9.17, 15) is 19.7 Å². The van der Waals surface area contributed by atoms with Crippen LogP contribution < -0.4 is 15.5 Å². The number of amides is 2. The van der Waals surface area contributed by atoms with Crippen LogP contribution in [0.1, 0.15) is 15.9 Å². The molecular weight excluding hydrogens is 471 g/mol. The lowest BCUT2D eigenvalue weighted by molar-refractivity contribution is -0.384. The molecule has 0 heterocycles. The molecule has 0 saturated carbocycles. The highest BCUT2D eigenvalue weighted by molar-refractivity contribution is 6.42. The Morgan fingerprint density at radius 3 is 2.45 bits per heavy atom. The highest BCUT2D eigenvalue weighted by atomic mass is 35.5. The van der Waals surface area contributed by atoms with E-state index in [4.69, 9.17) is 27.9 Å². The number of carbonyl (C=O) groups excluding carboxylic acids is 2. The van der Waals surface area contributed by atoms with Gasteiger partial charge in [0.15, 0.2) is 6.61 Å². The highest BCUT2D eigenvalue weighted by Crippen LogP contribution is 2.25. The number of hydrogen-bond acceptors (Lipinski definition) is 6. The van der Waals surface area contributed by atoms with Crippen molar-refractivity contribution in [3.63, 3.8) is 0 Å². The minimum Gasteiger partial charge on any atom is -0.483 e. The summed E-state index contributed by atoms with van der Waals surface area (Å²) in [4.78, 5) is 34.4. The zero-order valence-electron chi connectivity index (χ0n) is 16.8. The van der Waals surface area contributed by atoms with Crippen LogP contribution in [-0.4, -0.2) is 29.6 Å². The van der Waals surface area contributed by atoms with Crippen LogP contribution in [0.4, 0.5) is 11.4 Å². The van der Waals surface area contributed by atoms with Crippen molar-refractivity contribution in [2.45, 2.75) is 0 Å². The van der Waals surface area contributed by atoms with Gasteiger partial charge in [-0.05, 0) is 42.5 Å². The zero-order valence-corrected chi connectivity index (χ0v) is 18.3. The molecule has 2 amide bonds. The highest BCUT2D eigenvalue weighted by Gasteiger charge is 2.10. The van der Waals surface area contributed by atoms with E-state index in [-0.39, 0.29) is 17.9 Å². The van der Waals surface area contributed by atoms with E-state index in [1.807, 2.05) is 0 Å². The number of benzene rings is 3. The van der Waals surface area contributed by atoms with Crippen molar-refractivity contribution in [2.24, 2.45) is 5.10 Å². The van der Waals surface area contributed by atoms with E-state index in [2.05, 4.69) is 15.8 Å². The Kier molecular flexibility index (Phi) is 7.96. The number of ether oxygens (including phenoxy) is 1. The molecule has 0 aliphatic rings. The molecule has 3 aromatic carbocycles. The van der Waals surface area contributed by atoms with Crippen LogP contribution in [0.2, 0.25) is 10.0 Å². The zero-order chi connectivity index (χ0) is 23.8. The van der Waals surface area contributed by atoms with Crippen LogP contribution in [0, 0.1) is 10.1 Å². The molecule has 0 unspecified atom stereocenters.